The molecule has 9 heteroatoms. The van der Waals surface area contributed by atoms with Crippen LogP contribution >= 0.6 is 0 Å². The minimum absolute atomic E-state index is 0.0597. The lowest BCUT2D eigenvalue weighted by atomic mass is 10.0. The van der Waals surface area contributed by atoms with E-state index in [-0.39, 0.29) is 17.1 Å². The molecule has 2 aromatic carbocycles. The van der Waals surface area contributed by atoms with Gasteiger partial charge in [0.05, 0.1) is 23.9 Å². The van der Waals surface area contributed by atoms with E-state index in [4.69, 9.17) is 5.73 Å². The zero-order valence-electron chi connectivity index (χ0n) is 14.6. The van der Waals surface area contributed by atoms with Gasteiger partial charge in [0.1, 0.15) is 12.1 Å². The van der Waals surface area contributed by atoms with Crippen LogP contribution in [0, 0.1) is 0 Å². The highest BCUT2D eigenvalue weighted by atomic mass is 19.4. The summed E-state index contributed by atoms with van der Waals surface area (Å²) >= 11 is 0. The van der Waals surface area contributed by atoms with Gasteiger partial charge in [0.25, 0.3) is 0 Å². The first-order valence-corrected chi connectivity index (χ1v) is 8.02. The second-order valence-electron chi connectivity index (χ2n) is 5.78. The fourth-order valence-corrected chi connectivity index (χ4v) is 2.57. The Bertz CT molecular complexity index is 1000. The smallest absolute Gasteiger partial charge is 0.417 e. The van der Waals surface area contributed by atoms with Crippen LogP contribution < -0.4 is 11.1 Å². The van der Waals surface area contributed by atoms with Crippen LogP contribution in [-0.2, 0) is 10.9 Å². The van der Waals surface area contributed by atoms with Crippen LogP contribution in [0.3, 0.4) is 0 Å². The van der Waals surface area contributed by atoms with Gasteiger partial charge in [-0.2, -0.15) is 13.2 Å². The normalized spacial score (nSPS) is 11.1. The van der Waals surface area contributed by atoms with Crippen LogP contribution in [0.5, 0.6) is 0 Å². The molecule has 3 N–H and O–H groups in total. The predicted octanol–water partition coefficient (Wildman–Crippen LogP) is 4.27. The number of nitrogens with zero attached hydrogens (tertiary/aromatic N) is 2. The topological polar surface area (TPSA) is 90.1 Å². The van der Waals surface area contributed by atoms with E-state index in [1.807, 2.05) is 0 Å². The third-order valence-corrected chi connectivity index (χ3v) is 3.88. The minimum atomic E-state index is -4.56. The summed E-state index contributed by atoms with van der Waals surface area (Å²) in [5, 5.41) is 3.00. The molecule has 0 saturated heterocycles. The summed E-state index contributed by atoms with van der Waals surface area (Å²) in [6.45, 7) is 0. The number of hydrogen-bond acceptors (Lipinski definition) is 6. The van der Waals surface area contributed by atoms with Crippen molar-refractivity contribution in [1.29, 1.82) is 0 Å². The lowest BCUT2D eigenvalue weighted by molar-refractivity contribution is -0.137. The molecule has 0 unspecified atom stereocenters. The number of nitrogen functional groups attached to an aromatic ring is 1. The Kier molecular flexibility index (Phi) is 5.16. The Morgan fingerprint density at radius 3 is 2.32 bits per heavy atom. The standard InChI is InChI=1S/C19H15F3N4O2/c1-28-18(27)11-2-4-12(5-3-11)26-13-6-7-15(19(20,21)22)14(8-13)16-9-17(23)25-10-24-16/h2-10,26H,1H3,(H2,23,24,25). The Balaban J connectivity index is 1.97. The molecule has 0 amide bonds. The number of ether oxygens (including phenoxy) is 1. The van der Waals surface area contributed by atoms with E-state index < -0.39 is 17.7 Å². The van der Waals surface area contributed by atoms with E-state index in [1.54, 1.807) is 24.3 Å². The van der Waals surface area contributed by atoms with Crippen molar-refractivity contribution < 1.29 is 22.7 Å². The van der Waals surface area contributed by atoms with E-state index in [0.717, 1.165) is 12.4 Å². The number of esters is 1. The van der Waals surface area contributed by atoms with E-state index in [2.05, 4.69) is 20.0 Å². The fourth-order valence-electron chi connectivity index (χ4n) is 2.57. The molecule has 3 rings (SSSR count). The van der Waals surface area contributed by atoms with Gasteiger partial charge in [0, 0.05) is 23.0 Å². The van der Waals surface area contributed by atoms with Gasteiger partial charge < -0.3 is 15.8 Å². The van der Waals surface area contributed by atoms with Gasteiger partial charge >= 0.3 is 12.1 Å². The summed E-state index contributed by atoms with van der Waals surface area (Å²) in [4.78, 5) is 19.1. The van der Waals surface area contributed by atoms with Crippen molar-refractivity contribution in [2.24, 2.45) is 0 Å². The summed E-state index contributed by atoms with van der Waals surface area (Å²) in [7, 11) is 1.28. The molecule has 1 aromatic heterocycles. The van der Waals surface area contributed by atoms with Gasteiger partial charge in [-0.1, -0.05) is 0 Å². The maximum atomic E-state index is 13.4. The lowest BCUT2D eigenvalue weighted by Gasteiger charge is -2.15. The minimum Gasteiger partial charge on any atom is -0.465 e. The Labute approximate surface area is 158 Å². The van der Waals surface area contributed by atoms with Gasteiger partial charge in [-0.15, -0.1) is 0 Å². The lowest BCUT2D eigenvalue weighted by Crippen LogP contribution is -2.08. The number of nitrogens with two attached hydrogens (primary N) is 1. The van der Waals surface area contributed by atoms with Crippen LogP contribution in [0.25, 0.3) is 11.3 Å². The molecular weight excluding hydrogens is 373 g/mol. The van der Waals surface area contributed by atoms with Crippen molar-refractivity contribution in [2.75, 3.05) is 18.2 Å². The maximum Gasteiger partial charge on any atom is 0.417 e. The monoisotopic (exact) mass is 388 g/mol. The first kappa shape index (κ1) is 19.2. The highest BCUT2D eigenvalue weighted by Gasteiger charge is 2.34. The molecule has 3 aromatic rings. The number of carbonyl (C=O) groups is 1. The van der Waals surface area contributed by atoms with Crippen molar-refractivity contribution in [1.82, 2.24) is 9.97 Å². The Hall–Kier alpha value is -3.62. The molecule has 0 saturated carbocycles. The predicted molar refractivity (Wildman–Crippen MR) is 97.9 cm³/mol. The summed E-state index contributed by atoms with van der Waals surface area (Å²) in [5.41, 5.74) is 6.03. The van der Waals surface area contributed by atoms with E-state index in [1.165, 1.54) is 25.3 Å². The summed E-state index contributed by atoms with van der Waals surface area (Å²) in [6.07, 6.45) is -3.45. The molecule has 28 heavy (non-hydrogen) atoms. The van der Waals surface area contributed by atoms with E-state index in [9.17, 15) is 18.0 Å². The first-order valence-electron chi connectivity index (χ1n) is 8.02. The highest BCUT2D eigenvalue weighted by Crippen LogP contribution is 2.38. The Morgan fingerprint density at radius 1 is 1.04 bits per heavy atom. The fraction of sp³-hybridized carbons (Fsp3) is 0.105. The van der Waals surface area contributed by atoms with Crippen LogP contribution in [0.4, 0.5) is 30.4 Å². The number of methoxy groups -OCH3 is 1. The molecule has 0 spiro atoms. The number of hydrogen-bond donors (Lipinski definition) is 2. The van der Waals surface area contributed by atoms with Gasteiger partial charge in [-0.25, -0.2) is 14.8 Å². The number of halogens is 3. The zero-order valence-corrected chi connectivity index (χ0v) is 14.6. The molecule has 144 valence electrons. The molecule has 0 atom stereocenters. The van der Waals surface area contributed by atoms with Gasteiger partial charge in [0.2, 0.25) is 0 Å². The molecule has 6 nitrogen and oxygen atoms in total. The largest absolute Gasteiger partial charge is 0.465 e. The first-order chi connectivity index (χ1) is 13.3. The van der Waals surface area contributed by atoms with Crippen LogP contribution in [0.1, 0.15) is 15.9 Å². The highest BCUT2D eigenvalue weighted by molar-refractivity contribution is 5.89. The van der Waals surface area contributed by atoms with E-state index >= 15 is 0 Å². The van der Waals surface area contributed by atoms with Crippen LogP contribution in [0.15, 0.2) is 54.9 Å². The maximum absolute atomic E-state index is 13.4. The summed E-state index contributed by atoms with van der Waals surface area (Å²) in [5.74, 6) is -0.417. The average molecular weight is 388 g/mol. The van der Waals surface area contributed by atoms with Crippen LogP contribution in [-0.4, -0.2) is 23.0 Å². The number of nitrogens with one attached hydrogen (secondary N) is 1. The van der Waals surface area contributed by atoms with Crippen molar-refractivity contribution >= 4 is 23.2 Å². The summed E-state index contributed by atoms with van der Waals surface area (Å²) < 4.78 is 44.8. The van der Waals surface area contributed by atoms with E-state index in [0.29, 0.717) is 16.9 Å². The third kappa shape index (κ3) is 4.20. The average Bonchev–Trinajstić information content (AvgIpc) is 2.67. The number of alkyl halides is 3. The summed E-state index contributed by atoms with van der Waals surface area (Å²) in [6, 6.07) is 11.2. The molecule has 0 radical (unpaired) electrons. The van der Waals surface area contributed by atoms with Crippen molar-refractivity contribution in [3.05, 3.63) is 66.0 Å². The SMILES string of the molecule is COC(=O)c1ccc(Nc2ccc(C(F)(F)F)c(-c3cc(N)ncn3)c2)cc1. The van der Waals surface area contributed by atoms with Gasteiger partial charge in [-0.05, 0) is 42.5 Å². The second kappa shape index (κ2) is 7.55. The van der Waals surface area contributed by atoms with Crippen molar-refractivity contribution in [3.63, 3.8) is 0 Å². The molecule has 1 heterocycles. The molecule has 0 aliphatic rings. The molecule has 0 aliphatic carbocycles. The van der Waals surface area contributed by atoms with Gasteiger partial charge in [-0.3, -0.25) is 0 Å². The van der Waals surface area contributed by atoms with Crippen molar-refractivity contribution in [3.8, 4) is 11.3 Å². The zero-order chi connectivity index (χ0) is 20.3. The van der Waals surface area contributed by atoms with Gasteiger partial charge in [0.15, 0.2) is 0 Å². The second-order valence-corrected chi connectivity index (χ2v) is 5.78. The van der Waals surface area contributed by atoms with Crippen LogP contribution in [0.2, 0.25) is 0 Å². The molecule has 0 aliphatic heterocycles. The van der Waals surface area contributed by atoms with Crippen molar-refractivity contribution in [2.45, 2.75) is 6.18 Å². The third-order valence-electron chi connectivity index (χ3n) is 3.88. The molecular formula is C19H15F3N4O2. The number of anilines is 3. The number of aromatic nitrogens is 2. The molecule has 0 fully saturated rings. The number of carbonyl (C=O) groups excluding carboxylic acids is 1. The quantitative estimate of drug-likeness (QED) is 0.649. The Morgan fingerprint density at radius 2 is 1.71 bits per heavy atom. The molecule has 0 bridgehead atoms. The number of benzene rings is 2. The number of rotatable bonds is 4.